The molecule has 116 valence electrons. The van der Waals surface area contributed by atoms with Gasteiger partial charge in [-0.3, -0.25) is 4.79 Å². The Bertz CT molecular complexity index is 469. The van der Waals surface area contributed by atoms with E-state index in [1.165, 1.54) is 0 Å². The van der Waals surface area contributed by atoms with E-state index in [0.29, 0.717) is 6.54 Å². The van der Waals surface area contributed by atoms with Crippen LogP contribution in [0.4, 0.5) is 4.79 Å². The van der Waals surface area contributed by atoms with E-state index in [9.17, 15) is 9.59 Å². The van der Waals surface area contributed by atoms with E-state index in [-0.39, 0.29) is 12.5 Å². The quantitative estimate of drug-likeness (QED) is 0.631. The molecule has 0 aliphatic heterocycles. The normalized spacial score (nSPS) is 16.0. The van der Waals surface area contributed by atoms with Crippen molar-refractivity contribution in [3.8, 4) is 0 Å². The van der Waals surface area contributed by atoms with Crippen LogP contribution in [0.2, 0.25) is 0 Å². The number of unbranched alkanes of at least 4 members (excludes halogenated alkanes) is 1. The van der Waals surface area contributed by atoms with E-state index in [1.807, 2.05) is 10.8 Å². The largest absolute Gasteiger partial charge is 0.481 e. The minimum Gasteiger partial charge on any atom is -0.481 e. The van der Waals surface area contributed by atoms with Gasteiger partial charge in [0, 0.05) is 25.5 Å². The summed E-state index contributed by atoms with van der Waals surface area (Å²) < 4.78 is 2.00. The van der Waals surface area contributed by atoms with E-state index in [1.54, 1.807) is 12.5 Å². The van der Waals surface area contributed by atoms with Crippen LogP contribution >= 0.6 is 0 Å². The monoisotopic (exact) mass is 294 g/mol. The highest BCUT2D eigenvalue weighted by Gasteiger charge is 2.40. The van der Waals surface area contributed by atoms with Gasteiger partial charge in [-0.1, -0.05) is 0 Å². The first-order chi connectivity index (χ1) is 10.1. The van der Waals surface area contributed by atoms with E-state index in [0.717, 1.165) is 38.6 Å². The van der Waals surface area contributed by atoms with Crippen LogP contribution in [-0.2, 0) is 11.3 Å². The average molecular weight is 294 g/mol. The predicted octanol–water partition coefficient (Wildman–Crippen LogP) is 1.36. The fourth-order valence-electron chi connectivity index (χ4n) is 2.56. The molecule has 0 bridgehead atoms. The number of nitrogens with one attached hydrogen (secondary N) is 2. The molecule has 0 aromatic carbocycles. The second kappa shape index (κ2) is 7.10. The summed E-state index contributed by atoms with van der Waals surface area (Å²) in [5, 5.41) is 14.5. The first kappa shape index (κ1) is 15.3. The van der Waals surface area contributed by atoms with Crippen LogP contribution < -0.4 is 10.6 Å². The van der Waals surface area contributed by atoms with Crippen LogP contribution in [0.25, 0.3) is 0 Å². The molecule has 0 saturated heterocycles. The summed E-state index contributed by atoms with van der Waals surface area (Å²) in [6, 6.07) is -0.265. The van der Waals surface area contributed by atoms with Crippen LogP contribution in [-0.4, -0.2) is 38.7 Å². The molecule has 1 aliphatic carbocycles. The SMILES string of the molecule is O=C(O)CC1(NC(=O)NCCCCn2ccnc2)CCC1. The first-order valence-electron chi connectivity index (χ1n) is 7.33. The van der Waals surface area contributed by atoms with Crippen molar-refractivity contribution in [3.63, 3.8) is 0 Å². The molecule has 1 heterocycles. The van der Waals surface area contributed by atoms with Gasteiger partial charge in [0.05, 0.1) is 18.3 Å². The second-order valence-electron chi connectivity index (χ2n) is 5.59. The van der Waals surface area contributed by atoms with Crippen molar-refractivity contribution < 1.29 is 14.7 Å². The number of carboxylic acid groups (broad SMARTS) is 1. The van der Waals surface area contributed by atoms with Crippen molar-refractivity contribution in [1.29, 1.82) is 0 Å². The molecular weight excluding hydrogens is 272 g/mol. The Morgan fingerprint density at radius 2 is 2.14 bits per heavy atom. The molecule has 0 unspecified atom stereocenters. The van der Waals surface area contributed by atoms with Crippen molar-refractivity contribution in [2.45, 2.75) is 50.6 Å². The highest BCUT2D eigenvalue weighted by Crippen LogP contribution is 2.34. The Labute approximate surface area is 123 Å². The Morgan fingerprint density at radius 1 is 1.33 bits per heavy atom. The Morgan fingerprint density at radius 3 is 2.71 bits per heavy atom. The zero-order chi connectivity index (χ0) is 15.1. The zero-order valence-corrected chi connectivity index (χ0v) is 12.0. The minimum atomic E-state index is -0.865. The maximum atomic E-state index is 11.8. The standard InChI is InChI=1S/C14H22N4O3/c19-12(20)10-14(4-3-5-14)17-13(21)16-6-1-2-8-18-9-7-15-11-18/h7,9,11H,1-6,8,10H2,(H,19,20)(H2,16,17,21). The lowest BCUT2D eigenvalue weighted by molar-refractivity contribution is -0.139. The van der Waals surface area contributed by atoms with Gasteiger partial charge in [-0.25, -0.2) is 9.78 Å². The summed E-state index contributed by atoms with van der Waals surface area (Å²) in [6.07, 6.45) is 9.71. The average Bonchev–Trinajstić information content (AvgIpc) is 2.88. The number of aryl methyl sites for hydroxylation is 1. The van der Waals surface area contributed by atoms with E-state index in [2.05, 4.69) is 15.6 Å². The van der Waals surface area contributed by atoms with Crippen molar-refractivity contribution in [1.82, 2.24) is 20.2 Å². The number of rotatable bonds is 8. The molecule has 7 nitrogen and oxygen atoms in total. The third-order valence-electron chi connectivity index (χ3n) is 3.87. The molecule has 1 aliphatic rings. The van der Waals surface area contributed by atoms with Crippen LogP contribution in [0.15, 0.2) is 18.7 Å². The van der Waals surface area contributed by atoms with Gasteiger partial charge >= 0.3 is 12.0 Å². The number of hydrogen-bond donors (Lipinski definition) is 3. The van der Waals surface area contributed by atoms with Gasteiger partial charge in [0.1, 0.15) is 0 Å². The summed E-state index contributed by atoms with van der Waals surface area (Å²) in [5.41, 5.74) is -0.535. The van der Waals surface area contributed by atoms with Gasteiger partial charge in [0.25, 0.3) is 0 Å². The number of aliphatic carboxylic acids is 1. The smallest absolute Gasteiger partial charge is 0.315 e. The molecule has 0 radical (unpaired) electrons. The highest BCUT2D eigenvalue weighted by molar-refractivity contribution is 5.77. The van der Waals surface area contributed by atoms with E-state index in [4.69, 9.17) is 5.11 Å². The fraction of sp³-hybridized carbons (Fsp3) is 0.643. The molecule has 1 saturated carbocycles. The predicted molar refractivity (Wildman–Crippen MR) is 76.8 cm³/mol. The number of urea groups is 1. The number of amides is 2. The molecule has 1 fully saturated rings. The molecule has 0 atom stereocenters. The number of imidazole rings is 1. The topological polar surface area (TPSA) is 96.3 Å². The molecule has 7 heteroatoms. The zero-order valence-electron chi connectivity index (χ0n) is 12.0. The first-order valence-corrected chi connectivity index (χ1v) is 7.33. The number of carbonyl (C=O) groups excluding carboxylic acids is 1. The van der Waals surface area contributed by atoms with Gasteiger partial charge in [-0.15, -0.1) is 0 Å². The van der Waals surface area contributed by atoms with E-state index >= 15 is 0 Å². The molecule has 21 heavy (non-hydrogen) atoms. The lowest BCUT2D eigenvalue weighted by Crippen LogP contribution is -2.57. The van der Waals surface area contributed by atoms with Crippen LogP contribution in [0.3, 0.4) is 0 Å². The van der Waals surface area contributed by atoms with Crippen molar-refractivity contribution in [3.05, 3.63) is 18.7 Å². The summed E-state index contributed by atoms with van der Waals surface area (Å²) in [4.78, 5) is 26.6. The summed E-state index contributed by atoms with van der Waals surface area (Å²) in [6.45, 7) is 1.47. The maximum Gasteiger partial charge on any atom is 0.315 e. The Kier molecular flexibility index (Phi) is 5.19. The molecule has 1 aromatic rings. The number of nitrogens with zero attached hydrogens (tertiary/aromatic N) is 2. The lowest BCUT2D eigenvalue weighted by Gasteiger charge is -2.41. The highest BCUT2D eigenvalue weighted by atomic mass is 16.4. The molecule has 2 amide bonds. The van der Waals surface area contributed by atoms with E-state index < -0.39 is 11.5 Å². The number of carbonyl (C=O) groups is 2. The lowest BCUT2D eigenvalue weighted by atomic mass is 9.74. The fourth-order valence-corrected chi connectivity index (χ4v) is 2.56. The van der Waals surface area contributed by atoms with Gasteiger partial charge in [-0.2, -0.15) is 0 Å². The third-order valence-corrected chi connectivity index (χ3v) is 3.87. The second-order valence-corrected chi connectivity index (χ2v) is 5.59. The summed E-state index contributed by atoms with van der Waals surface area (Å²) in [5.74, 6) is -0.865. The molecular formula is C14H22N4O3. The van der Waals surface area contributed by atoms with Crippen molar-refractivity contribution in [2.75, 3.05) is 6.54 Å². The molecule has 1 aromatic heterocycles. The molecule has 3 N–H and O–H groups in total. The van der Waals surface area contributed by atoms with Crippen LogP contribution in [0, 0.1) is 0 Å². The Balaban J connectivity index is 1.59. The van der Waals surface area contributed by atoms with Crippen LogP contribution in [0.1, 0.15) is 38.5 Å². The number of aromatic nitrogens is 2. The van der Waals surface area contributed by atoms with Gasteiger partial charge < -0.3 is 20.3 Å². The van der Waals surface area contributed by atoms with Gasteiger partial charge in [-0.05, 0) is 32.1 Å². The van der Waals surface area contributed by atoms with Crippen LogP contribution in [0.5, 0.6) is 0 Å². The third kappa shape index (κ3) is 4.77. The van der Waals surface area contributed by atoms with Crippen molar-refractivity contribution >= 4 is 12.0 Å². The van der Waals surface area contributed by atoms with Gasteiger partial charge in [0.15, 0.2) is 0 Å². The summed E-state index contributed by atoms with van der Waals surface area (Å²) in [7, 11) is 0. The maximum absolute atomic E-state index is 11.8. The number of carboxylic acids is 1. The molecule has 2 rings (SSSR count). The van der Waals surface area contributed by atoms with Crippen molar-refractivity contribution in [2.24, 2.45) is 0 Å². The minimum absolute atomic E-state index is 0.00104. The Hall–Kier alpha value is -2.05. The number of hydrogen-bond acceptors (Lipinski definition) is 3. The molecule has 0 spiro atoms. The summed E-state index contributed by atoms with van der Waals surface area (Å²) >= 11 is 0. The van der Waals surface area contributed by atoms with Gasteiger partial charge in [0.2, 0.25) is 0 Å².